The Balaban J connectivity index is 2.45. The summed E-state index contributed by atoms with van der Waals surface area (Å²) in [6, 6.07) is 3.62. The predicted molar refractivity (Wildman–Crippen MR) is 42.5 cm³/mol. The monoisotopic (exact) mass is 181 g/mol. The first kappa shape index (κ1) is 7.24. The second kappa shape index (κ2) is 2.91. The van der Waals surface area contributed by atoms with Crippen molar-refractivity contribution in [2.24, 2.45) is 0 Å². The lowest BCUT2D eigenvalue weighted by molar-refractivity contribution is 0.421. The third kappa shape index (κ3) is 1.29. The SMILES string of the molecule is Clc1nc(-c2cccnc2)no1. The molecule has 0 fully saturated rings. The Labute approximate surface area is 73.2 Å². The topological polar surface area (TPSA) is 51.8 Å². The quantitative estimate of drug-likeness (QED) is 0.673. The van der Waals surface area contributed by atoms with Crippen LogP contribution in [-0.4, -0.2) is 15.1 Å². The molecule has 0 atom stereocenters. The Hall–Kier alpha value is -1.42. The highest BCUT2D eigenvalue weighted by Crippen LogP contribution is 2.15. The normalized spacial score (nSPS) is 10.1. The Morgan fingerprint density at radius 1 is 1.42 bits per heavy atom. The van der Waals surface area contributed by atoms with E-state index in [-0.39, 0.29) is 5.35 Å². The van der Waals surface area contributed by atoms with Crippen LogP contribution in [0.25, 0.3) is 11.4 Å². The summed E-state index contributed by atoms with van der Waals surface area (Å²) in [6.07, 6.45) is 3.31. The average Bonchev–Trinajstić information content (AvgIpc) is 2.54. The number of hydrogen-bond acceptors (Lipinski definition) is 4. The molecule has 2 aromatic heterocycles. The average molecular weight is 182 g/mol. The standard InChI is InChI=1S/C7H4ClN3O/c8-7-10-6(11-12-7)5-2-1-3-9-4-5/h1-4H. The zero-order chi connectivity index (χ0) is 8.39. The van der Waals surface area contributed by atoms with Gasteiger partial charge < -0.3 is 4.52 Å². The maximum atomic E-state index is 5.45. The Kier molecular flexibility index (Phi) is 1.75. The second-order valence-corrected chi connectivity index (χ2v) is 2.44. The zero-order valence-electron chi connectivity index (χ0n) is 5.94. The molecule has 0 unspecified atom stereocenters. The van der Waals surface area contributed by atoms with Crippen molar-refractivity contribution < 1.29 is 4.52 Å². The van der Waals surface area contributed by atoms with Crippen molar-refractivity contribution in [1.29, 1.82) is 0 Å². The summed E-state index contributed by atoms with van der Waals surface area (Å²) in [4.78, 5) is 7.73. The van der Waals surface area contributed by atoms with Crippen LogP contribution in [0.1, 0.15) is 0 Å². The van der Waals surface area contributed by atoms with Gasteiger partial charge in [-0.2, -0.15) is 4.98 Å². The Bertz CT molecular complexity index is 373. The van der Waals surface area contributed by atoms with E-state index in [2.05, 4.69) is 19.6 Å². The minimum Gasteiger partial charge on any atom is -0.321 e. The highest BCUT2D eigenvalue weighted by molar-refractivity contribution is 6.27. The van der Waals surface area contributed by atoms with Gasteiger partial charge in [0.15, 0.2) is 0 Å². The van der Waals surface area contributed by atoms with E-state index >= 15 is 0 Å². The van der Waals surface area contributed by atoms with E-state index in [1.807, 2.05) is 6.07 Å². The van der Waals surface area contributed by atoms with Crippen molar-refractivity contribution in [3.63, 3.8) is 0 Å². The summed E-state index contributed by atoms with van der Waals surface area (Å²) < 4.78 is 4.60. The molecule has 0 spiro atoms. The smallest absolute Gasteiger partial charge is 0.320 e. The lowest BCUT2D eigenvalue weighted by Crippen LogP contribution is -1.80. The fraction of sp³-hybridized carbons (Fsp3) is 0. The highest BCUT2D eigenvalue weighted by atomic mass is 35.5. The first-order valence-electron chi connectivity index (χ1n) is 3.26. The molecule has 0 aromatic carbocycles. The molecule has 0 aliphatic heterocycles. The molecule has 0 saturated carbocycles. The molecule has 0 radical (unpaired) electrons. The third-order valence-electron chi connectivity index (χ3n) is 1.32. The van der Waals surface area contributed by atoms with Gasteiger partial charge in [0, 0.05) is 18.0 Å². The van der Waals surface area contributed by atoms with Gasteiger partial charge in [0.2, 0.25) is 5.82 Å². The molecule has 5 heteroatoms. The molecule has 2 heterocycles. The maximum Gasteiger partial charge on any atom is 0.320 e. The number of pyridine rings is 1. The fourth-order valence-electron chi connectivity index (χ4n) is 0.817. The van der Waals surface area contributed by atoms with Gasteiger partial charge in [0.1, 0.15) is 0 Å². The van der Waals surface area contributed by atoms with E-state index < -0.39 is 0 Å². The van der Waals surface area contributed by atoms with Gasteiger partial charge in [-0.05, 0) is 23.7 Å². The van der Waals surface area contributed by atoms with Crippen LogP contribution in [0.4, 0.5) is 0 Å². The van der Waals surface area contributed by atoms with Gasteiger partial charge in [-0.1, -0.05) is 5.16 Å². The Morgan fingerprint density at radius 2 is 2.33 bits per heavy atom. The molecule has 0 amide bonds. The molecule has 0 N–H and O–H groups in total. The molecular weight excluding hydrogens is 178 g/mol. The molecule has 0 saturated heterocycles. The van der Waals surface area contributed by atoms with Gasteiger partial charge in [-0.25, -0.2) is 0 Å². The molecular formula is C7H4ClN3O. The largest absolute Gasteiger partial charge is 0.321 e. The van der Waals surface area contributed by atoms with Crippen molar-refractivity contribution in [2.45, 2.75) is 0 Å². The lowest BCUT2D eigenvalue weighted by atomic mass is 10.3. The summed E-state index contributed by atoms with van der Waals surface area (Å²) in [5, 5.41) is 3.66. The molecule has 2 aromatic rings. The highest BCUT2D eigenvalue weighted by Gasteiger charge is 2.04. The molecule has 0 aliphatic rings. The van der Waals surface area contributed by atoms with Crippen LogP contribution in [0.2, 0.25) is 5.35 Å². The lowest BCUT2D eigenvalue weighted by Gasteiger charge is -1.88. The van der Waals surface area contributed by atoms with Crippen molar-refractivity contribution >= 4 is 11.6 Å². The van der Waals surface area contributed by atoms with Crippen LogP contribution >= 0.6 is 11.6 Å². The molecule has 4 nitrogen and oxygen atoms in total. The second-order valence-electron chi connectivity index (χ2n) is 2.11. The first-order valence-corrected chi connectivity index (χ1v) is 3.63. The molecule has 0 aliphatic carbocycles. The number of aromatic nitrogens is 3. The summed E-state index contributed by atoms with van der Waals surface area (Å²) in [5.74, 6) is 0.452. The number of nitrogens with zero attached hydrogens (tertiary/aromatic N) is 3. The number of rotatable bonds is 1. The predicted octanol–water partition coefficient (Wildman–Crippen LogP) is 1.78. The van der Waals surface area contributed by atoms with Gasteiger partial charge in [0.25, 0.3) is 0 Å². The summed E-state index contributed by atoms with van der Waals surface area (Å²) >= 11 is 5.45. The van der Waals surface area contributed by atoms with Gasteiger partial charge in [-0.15, -0.1) is 0 Å². The number of hydrogen-bond donors (Lipinski definition) is 0. The van der Waals surface area contributed by atoms with Crippen molar-refractivity contribution in [1.82, 2.24) is 15.1 Å². The van der Waals surface area contributed by atoms with E-state index in [1.165, 1.54) is 0 Å². The van der Waals surface area contributed by atoms with E-state index in [0.29, 0.717) is 5.82 Å². The third-order valence-corrected chi connectivity index (χ3v) is 1.47. The van der Waals surface area contributed by atoms with E-state index in [9.17, 15) is 0 Å². The molecule has 12 heavy (non-hydrogen) atoms. The first-order chi connectivity index (χ1) is 5.86. The van der Waals surface area contributed by atoms with Crippen LogP contribution in [-0.2, 0) is 0 Å². The van der Waals surface area contributed by atoms with Crippen LogP contribution in [0.5, 0.6) is 0 Å². The zero-order valence-corrected chi connectivity index (χ0v) is 6.69. The summed E-state index contributed by atoms with van der Waals surface area (Å²) in [6.45, 7) is 0. The van der Waals surface area contributed by atoms with Gasteiger partial charge >= 0.3 is 5.35 Å². The van der Waals surface area contributed by atoms with Crippen LogP contribution in [0, 0.1) is 0 Å². The minimum absolute atomic E-state index is 0.0360. The molecule has 60 valence electrons. The van der Waals surface area contributed by atoms with Gasteiger partial charge in [-0.3, -0.25) is 4.98 Å². The van der Waals surface area contributed by atoms with Crippen LogP contribution in [0.15, 0.2) is 29.0 Å². The van der Waals surface area contributed by atoms with E-state index in [0.717, 1.165) is 5.56 Å². The fourth-order valence-corrected chi connectivity index (χ4v) is 0.932. The minimum atomic E-state index is 0.0360. The molecule has 2 rings (SSSR count). The molecule has 0 bridgehead atoms. The van der Waals surface area contributed by atoms with E-state index in [4.69, 9.17) is 11.6 Å². The van der Waals surface area contributed by atoms with Crippen molar-refractivity contribution in [3.05, 3.63) is 29.9 Å². The van der Waals surface area contributed by atoms with Crippen LogP contribution in [0.3, 0.4) is 0 Å². The summed E-state index contributed by atoms with van der Waals surface area (Å²) in [5.41, 5.74) is 0.785. The number of halogens is 1. The van der Waals surface area contributed by atoms with E-state index in [1.54, 1.807) is 18.5 Å². The summed E-state index contributed by atoms with van der Waals surface area (Å²) in [7, 11) is 0. The van der Waals surface area contributed by atoms with Crippen molar-refractivity contribution in [2.75, 3.05) is 0 Å². The van der Waals surface area contributed by atoms with Crippen molar-refractivity contribution in [3.8, 4) is 11.4 Å². The van der Waals surface area contributed by atoms with Crippen LogP contribution < -0.4 is 0 Å². The Morgan fingerprint density at radius 3 is 2.92 bits per heavy atom. The maximum absolute atomic E-state index is 5.45. The van der Waals surface area contributed by atoms with Gasteiger partial charge in [0.05, 0.1) is 0 Å².